The number of nitrogens with one attached hydrogen (secondary N) is 2. The van der Waals surface area contributed by atoms with E-state index in [-0.39, 0.29) is 0 Å². The van der Waals surface area contributed by atoms with E-state index in [0.29, 0.717) is 16.3 Å². The van der Waals surface area contributed by atoms with Crippen molar-refractivity contribution in [3.05, 3.63) is 16.4 Å². The molecular formula is C7H8Cl2N4. The van der Waals surface area contributed by atoms with Crippen LogP contribution in [0.3, 0.4) is 0 Å². The summed E-state index contributed by atoms with van der Waals surface area (Å²) in [6, 6.07) is 2.09. The van der Waals surface area contributed by atoms with Crippen molar-refractivity contribution in [2.24, 2.45) is 0 Å². The van der Waals surface area contributed by atoms with Gasteiger partial charge in [0.1, 0.15) is 0 Å². The normalized spacial score (nSPS) is 16.8. The third kappa shape index (κ3) is 2.02. The van der Waals surface area contributed by atoms with Crippen LogP contribution in [-0.2, 0) is 0 Å². The summed E-state index contributed by atoms with van der Waals surface area (Å²) in [4.78, 5) is 0. The molecule has 1 aromatic rings. The fraction of sp³-hybridized carbons (Fsp3) is 0.429. The van der Waals surface area contributed by atoms with E-state index in [0.717, 1.165) is 18.8 Å². The van der Waals surface area contributed by atoms with E-state index in [1.807, 2.05) is 0 Å². The van der Waals surface area contributed by atoms with E-state index in [4.69, 9.17) is 23.2 Å². The molecule has 1 aromatic heterocycles. The van der Waals surface area contributed by atoms with Crippen molar-refractivity contribution in [1.29, 1.82) is 0 Å². The average molecular weight is 219 g/mol. The predicted octanol–water partition coefficient (Wildman–Crippen LogP) is 1.17. The van der Waals surface area contributed by atoms with Crippen LogP contribution in [-0.4, -0.2) is 29.3 Å². The molecule has 0 radical (unpaired) electrons. The predicted molar refractivity (Wildman–Crippen MR) is 52.3 cm³/mol. The Hall–Kier alpha value is -0.580. The molecule has 2 heterocycles. The third-order valence-electron chi connectivity index (χ3n) is 1.86. The number of anilines is 1. The van der Waals surface area contributed by atoms with E-state index in [9.17, 15) is 0 Å². The molecule has 1 aliphatic rings. The highest BCUT2D eigenvalue weighted by Crippen LogP contribution is 2.21. The average Bonchev–Trinajstić information content (AvgIpc) is 2.03. The Morgan fingerprint density at radius 3 is 2.77 bits per heavy atom. The van der Waals surface area contributed by atoms with Crippen molar-refractivity contribution < 1.29 is 0 Å². The second-order valence-electron chi connectivity index (χ2n) is 2.87. The molecule has 0 saturated carbocycles. The minimum atomic E-state index is 0.346. The second-order valence-corrected chi connectivity index (χ2v) is 3.62. The van der Waals surface area contributed by atoms with E-state index >= 15 is 0 Å². The van der Waals surface area contributed by atoms with Crippen LogP contribution in [0.5, 0.6) is 0 Å². The Kier molecular flexibility index (Phi) is 2.53. The van der Waals surface area contributed by atoms with Gasteiger partial charge in [-0.25, -0.2) is 0 Å². The fourth-order valence-electron chi connectivity index (χ4n) is 1.06. The van der Waals surface area contributed by atoms with Crippen LogP contribution in [0.25, 0.3) is 0 Å². The van der Waals surface area contributed by atoms with Crippen molar-refractivity contribution in [3.8, 4) is 0 Å². The molecule has 2 N–H and O–H groups in total. The monoisotopic (exact) mass is 218 g/mol. The molecule has 0 amide bonds. The molecule has 4 nitrogen and oxygen atoms in total. The Labute approximate surface area is 85.6 Å². The van der Waals surface area contributed by atoms with Gasteiger partial charge in [0.2, 0.25) is 0 Å². The zero-order valence-corrected chi connectivity index (χ0v) is 8.23. The zero-order chi connectivity index (χ0) is 9.26. The lowest BCUT2D eigenvalue weighted by atomic mass is 10.2. The van der Waals surface area contributed by atoms with Gasteiger partial charge in [0.05, 0.1) is 11.7 Å². The molecule has 1 fully saturated rings. The van der Waals surface area contributed by atoms with Gasteiger partial charge in [-0.15, -0.1) is 10.2 Å². The summed E-state index contributed by atoms with van der Waals surface area (Å²) < 4.78 is 0. The third-order valence-corrected chi connectivity index (χ3v) is 2.32. The number of rotatable bonds is 2. The Balaban J connectivity index is 2.13. The standard InChI is InChI=1S/C7H8Cl2N4/c8-6-1-5(7(9)13-12-6)11-4-2-10-3-4/h1,4,10H,2-3H2,(H,11,12). The van der Waals surface area contributed by atoms with Gasteiger partial charge in [-0.05, 0) is 0 Å². The molecule has 0 aliphatic carbocycles. The Bertz CT molecular complexity index is 313. The lowest BCUT2D eigenvalue weighted by Crippen LogP contribution is -2.51. The SMILES string of the molecule is Clc1cc(NC2CNC2)c(Cl)nn1. The summed E-state index contributed by atoms with van der Waals surface area (Å²) in [5.41, 5.74) is 0.744. The number of halogens is 2. The first kappa shape index (κ1) is 8.99. The van der Waals surface area contributed by atoms with Crippen molar-refractivity contribution in [3.63, 3.8) is 0 Å². The van der Waals surface area contributed by atoms with Gasteiger partial charge in [-0.3, -0.25) is 0 Å². The number of hydrogen-bond donors (Lipinski definition) is 2. The zero-order valence-electron chi connectivity index (χ0n) is 6.72. The molecule has 0 spiro atoms. The van der Waals surface area contributed by atoms with Crippen molar-refractivity contribution in [1.82, 2.24) is 15.5 Å². The summed E-state index contributed by atoms with van der Waals surface area (Å²) in [7, 11) is 0. The van der Waals surface area contributed by atoms with E-state index in [1.54, 1.807) is 6.07 Å². The van der Waals surface area contributed by atoms with Crippen LogP contribution in [0.2, 0.25) is 10.3 Å². The van der Waals surface area contributed by atoms with Gasteiger partial charge in [-0.1, -0.05) is 23.2 Å². The molecule has 0 unspecified atom stereocenters. The smallest absolute Gasteiger partial charge is 0.174 e. The molecule has 0 bridgehead atoms. The van der Waals surface area contributed by atoms with Crippen molar-refractivity contribution >= 4 is 28.9 Å². The van der Waals surface area contributed by atoms with Gasteiger partial charge in [0.15, 0.2) is 10.3 Å². The fourth-order valence-corrected chi connectivity index (χ4v) is 1.36. The van der Waals surface area contributed by atoms with Crippen LogP contribution >= 0.6 is 23.2 Å². The number of aromatic nitrogens is 2. The maximum Gasteiger partial charge on any atom is 0.174 e. The molecule has 13 heavy (non-hydrogen) atoms. The quantitative estimate of drug-likeness (QED) is 0.783. The van der Waals surface area contributed by atoms with Crippen molar-refractivity contribution in [2.75, 3.05) is 18.4 Å². The van der Waals surface area contributed by atoms with Gasteiger partial charge in [0, 0.05) is 19.2 Å². The highest BCUT2D eigenvalue weighted by molar-refractivity contribution is 6.33. The number of nitrogens with zero attached hydrogens (tertiary/aromatic N) is 2. The van der Waals surface area contributed by atoms with Crippen LogP contribution in [0.4, 0.5) is 5.69 Å². The number of hydrogen-bond acceptors (Lipinski definition) is 4. The minimum Gasteiger partial charge on any atom is -0.377 e. The Morgan fingerprint density at radius 1 is 1.38 bits per heavy atom. The molecule has 70 valence electrons. The molecule has 6 heteroatoms. The van der Waals surface area contributed by atoms with Gasteiger partial charge in [-0.2, -0.15) is 0 Å². The van der Waals surface area contributed by atoms with Crippen molar-refractivity contribution in [2.45, 2.75) is 6.04 Å². The second kappa shape index (κ2) is 3.65. The summed E-state index contributed by atoms with van der Waals surface area (Å²) in [6.45, 7) is 1.88. The highest BCUT2D eigenvalue weighted by Gasteiger charge is 2.17. The maximum absolute atomic E-state index is 5.81. The summed E-state index contributed by atoms with van der Waals surface area (Å²) in [5, 5.41) is 14.4. The first-order valence-corrected chi connectivity index (χ1v) is 4.67. The van der Waals surface area contributed by atoms with E-state index < -0.39 is 0 Å². The molecule has 0 atom stereocenters. The summed E-state index contributed by atoms with van der Waals surface area (Å²) in [6.07, 6.45) is 0. The van der Waals surface area contributed by atoms with Gasteiger partial charge >= 0.3 is 0 Å². The first-order valence-electron chi connectivity index (χ1n) is 3.91. The molecule has 2 rings (SSSR count). The van der Waals surface area contributed by atoms with Gasteiger partial charge in [0.25, 0.3) is 0 Å². The minimum absolute atomic E-state index is 0.346. The largest absolute Gasteiger partial charge is 0.377 e. The molecule has 1 saturated heterocycles. The Morgan fingerprint density at radius 2 is 2.15 bits per heavy atom. The van der Waals surface area contributed by atoms with Crippen LogP contribution in [0.15, 0.2) is 6.07 Å². The molecule has 0 aromatic carbocycles. The summed E-state index contributed by atoms with van der Waals surface area (Å²) in [5.74, 6) is 0. The lowest BCUT2D eigenvalue weighted by molar-refractivity contribution is 0.472. The maximum atomic E-state index is 5.81. The topological polar surface area (TPSA) is 49.8 Å². The first-order chi connectivity index (χ1) is 6.25. The van der Waals surface area contributed by atoms with E-state index in [1.165, 1.54) is 0 Å². The summed E-state index contributed by atoms with van der Waals surface area (Å²) >= 11 is 11.5. The molecule has 1 aliphatic heterocycles. The lowest BCUT2D eigenvalue weighted by Gasteiger charge is -2.28. The van der Waals surface area contributed by atoms with Crippen LogP contribution in [0.1, 0.15) is 0 Å². The molecular weight excluding hydrogens is 211 g/mol. The van der Waals surface area contributed by atoms with Crippen LogP contribution < -0.4 is 10.6 Å². The van der Waals surface area contributed by atoms with E-state index in [2.05, 4.69) is 20.8 Å². The highest BCUT2D eigenvalue weighted by atomic mass is 35.5. The van der Waals surface area contributed by atoms with Crippen LogP contribution in [0, 0.1) is 0 Å². The van der Waals surface area contributed by atoms with Gasteiger partial charge < -0.3 is 10.6 Å².